The van der Waals surface area contributed by atoms with Crippen molar-refractivity contribution in [2.75, 3.05) is 0 Å². The SMILES string of the molecule is C1CC2CC3C(CC12)CC1C2CC2C31. The third-order valence-electron chi connectivity index (χ3n) is 6.86. The van der Waals surface area contributed by atoms with Crippen molar-refractivity contribution < 1.29 is 0 Å². The van der Waals surface area contributed by atoms with Crippen LogP contribution in [0.4, 0.5) is 0 Å². The maximum Gasteiger partial charge on any atom is -0.0321 e. The summed E-state index contributed by atoms with van der Waals surface area (Å²) in [6.45, 7) is 0. The summed E-state index contributed by atoms with van der Waals surface area (Å²) < 4.78 is 0. The van der Waals surface area contributed by atoms with Gasteiger partial charge in [-0.05, 0) is 85.9 Å². The highest BCUT2D eigenvalue weighted by Crippen LogP contribution is 2.75. The van der Waals surface area contributed by atoms with Crippen molar-refractivity contribution >= 4 is 0 Å². The normalized spacial score (nSPS) is 72.0. The number of fused-ring (bicyclic) bond motifs is 7. The first kappa shape index (κ1) is 7.30. The third kappa shape index (κ3) is 0.657. The predicted molar refractivity (Wildman–Crippen MR) is 55.6 cm³/mol. The molecule has 0 aliphatic heterocycles. The third-order valence-corrected chi connectivity index (χ3v) is 6.86. The van der Waals surface area contributed by atoms with Crippen LogP contribution in [0.2, 0.25) is 0 Å². The van der Waals surface area contributed by atoms with Crippen LogP contribution in [0.15, 0.2) is 0 Å². The van der Waals surface area contributed by atoms with E-state index in [9.17, 15) is 0 Å². The molecule has 0 spiro atoms. The van der Waals surface area contributed by atoms with E-state index in [0.717, 1.165) is 0 Å². The Labute approximate surface area is 86.5 Å². The fourth-order valence-electron chi connectivity index (χ4n) is 6.05. The van der Waals surface area contributed by atoms with E-state index in [-0.39, 0.29) is 0 Å². The van der Waals surface area contributed by atoms with Crippen molar-refractivity contribution in [1.29, 1.82) is 0 Å². The first-order chi connectivity index (χ1) is 6.92. The minimum Gasteiger partial charge on any atom is -0.0499 e. The standard InChI is InChI=1S/C14H20/c1-2-8-4-10-9(3-7(1)8)5-12-11-6-13(11)14(10)12/h7-14H,1-6H2. The molecule has 0 aromatic carbocycles. The molecule has 0 nitrogen and oxygen atoms in total. The highest BCUT2D eigenvalue weighted by molar-refractivity contribution is 5.16. The molecule has 0 aromatic rings. The summed E-state index contributed by atoms with van der Waals surface area (Å²) in [6.07, 6.45) is 9.82. The Morgan fingerprint density at radius 1 is 0.500 bits per heavy atom. The molecule has 8 atom stereocenters. The van der Waals surface area contributed by atoms with Gasteiger partial charge in [0.25, 0.3) is 0 Å². The minimum atomic E-state index is 1.20. The fourth-order valence-corrected chi connectivity index (χ4v) is 6.05. The predicted octanol–water partition coefficient (Wildman–Crippen LogP) is 3.32. The molecule has 8 unspecified atom stereocenters. The van der Waals surface area contributed by atoms with Gasteiger partial charge >= 0.3 is 0 Å². The first-order valence-corrected chi connectivity index (χ1v) is 6.92. The molecule has 5 fully saturated rings. The fraction of sp³-hybridized carbons (Fsp3) is 1.00. The van der Waals surface area contributed by atoms with Gasteiger partial charge in [0.15, 0.2) is 0 Å². The maximum atomic E-state index is 1.67. The monoisotopic (exact) mass is 188 g/mol. The molecule has 0 radical (unpaired) electrons. The molecule has 0 amide bonds. The Balaban J connectivity index is 1.47. The van der Waals surface area contributed by atoms with E-state index in [1.807, 2.05) is 0 Å². The highest BCUT2D eigenvalue weighted by atomic mass is 14.7. The molecule has 0 aromatic heterocycles. The molecule has 0 saturated heterocycles. The number of hydrogen-bond donors (Lipinski definition) is 0. The van der Waals surface area contributed by atoms with Crippen molar-refractivity contribution in [1.82, 2.24) is 0 Å². The lowest BCUT2D eigenvalue weighted by Crippen LogP contribution is -2.39. The van der Waals surface area contributed by atoms with Gasteiger partial charge in [-0.2, -0.15) is 0 Å². The van der Waals surface area contributed by atoms with Crippen molar-refractivity contribution in [3.8, 4) is 0 Å². The highest BCUT2D eigenvalue weighted by Gasteiger charge is 2.68. The van der Waals surface area contributed by atoms with Crippen LogP contribution in [0.25, 0.3) is 0 Å². The van der Waals surface area contributed by atoms with Crippen molar-refractivity contribution in [3.63, 3.8) is 0 Å². The van der Waals surface area contributed by atoms with E-state index in [1.165, 1.54) is 47.3 Å². The second-order valence-corrected chi connectivity index (χ2v) is 7.03. The molecular formula is C14H20. The first-order valence-electron chi connectivity index (χ1n) is 6.92. The van der Waals surface area contributed by atoms with Crippen LogP contribution >= 0.6 is 0 Å². The quantitative estimate of drug-likeness (QED) is 0.547. The van der Waals surface area contributed by atoms with E-state index >= 15 is 0 Å². The summed E-state index contributed by atoms with van der Waals surface area (Å²) in [5.74, 6) is 9.84. The summed E-state index contributed by atoms with van der Waals surface area (Å²) in [6, 6.07) is 0. The summed E-state index contributed by atoms with van der Waals surface area (Å²) in [4.78, 5) is 0. The second kappa shape index (κ2) is 2.08. The van der Waals surface area contributed by atoms with Gasteiger partial charge in [-0.15, -0.1) is 0 Å². The second-order valence-electron chi connectivity index (χ2n) is 7.03. The average molecular weight is 188 g/mol. The maximum absolute atomic E-state index is 1.67. The number of hydrogen-bond acceptors (Lipinski definition) is 0. The van der Waals surface area contributed by atoms with E-state index in [4.69, 9.17) is 0 Å². The van der Waals surface area contributed by atoms with Gasteiger partial charge in [0.1, 0.15) is 0 Å². The van der Waals surface area contributed by atoms with Crippen LogP contribution in [-0.4, -0.2) is 0 Å². The Morgan fingerprint density at radius 2 is 1.21 bits per heavy atom. The summed E-state index contributed by atoms with van der Waals surface area (Å²) in [5.41, 5.74) is 0. The Bertz CT molecular complexity index is 292. The van der Waals surface area contributed by atoms with E-state index in [0.29, 0.717) is 0 Å². The smallest absolute Gasteiger partial charge is 0.0321 e. The molecule has 0 bridgehead atoms. The summed E-state index contributed by atoms with van der Waals surface area (Å²) in [5, 5.41) is 0. The molecule has 0 N–H and O–H groups in total. The average Bonchev–Trinajstić information content (AvgIpc) is 2.76. The van der Waals surface area contributed by atoms with E-state index in [2.05, 4.69) is 0 Å². The van der Waals surface area contributed by atoms with Crippen LogP contribution in [0.5, 0.6) is 0 Å². The lowest BCUT2D eigenvalue weighted by atomic mass is 9.58. The van der Waals surface area contributed by atoms with Gasteiger partial charge in [0.05, 0.1) is 0 Å². The zero-order chi connectivity index (χ0) is 8.86. The van der Waals surface area contributed by atoms with Crippen LogP contribution in [0.1, 0.15) is 38.5 Å². The number of rotatable bonds is 0. The molecule has 14 heavy (non-hydrogen) atoms. The largest absolute Gasteiger partial charge is 0.0499 e. The molecule has 5 saturated carbocycles. The van der Waals surface area contributed by atoms with Gasteiger partial charge in [-0.1, -0.05) is 0 Å². The van der Waals surface area contributed by atoms with Gasteiger partial charge in [-0.25, -0.2) is 0 Å². The lowest BCUT2D eigenvalue weighted by molar-refractivity contribution is 0.0212. The van der Waals surface area contributed by atoms with Crippen LogP contribution in [0, 0.1) is 47.3 Å². The summed E-state index contributed by atoms with van der Waals surface area (Å²) in [7, 11) is 0. The molecular weight excluding hydrogens is 168 g/mol. The zero-order valence-corrected chi connectivity index (χ0v) is 8.86. The lowest BCUT2D eigenvalue weighted by Gasteiger charge is -2.48. The molecule has 0 heteroatoms. The Morgan fingerprint density at radius 3 is 2.07 bits per heavy atom. The van der Waals surface area contributed by atoms with Crippen LogP contribution in [0.3, 0.4) is 0 Å². The zero-order valence-electron chi connectivity index (χ0n) is 8.86. The van der Waals surface area contributed by atoms with Crippen LogP contribution in [-0.2, 0) is 0 Å². The van der Waals surface area contributed by atoms with E-state index < -0.39 is 0 Å². The van der Waals surface area contributed by atoms with Gasteiger partial charge in [0, 0.05) is 0 Å². The summed E-state index contributed by atoms with van der Waals surface area (Å²) >= 11 is 0. The molecule has 5 aliphatic rings. The van der Waals surface area contributed by atoms with Crippen molar-refractivity contribution in [2.45, 2.75) is 38.5 Å². The minimum absolute atomic E-state index is 1.20. The molecule has 5 aliphatic carbocycles. The van der Waals surface area contributed by atoms with Gasteiger partial charge < -0.3 is 0 Å². The molecule has 0 heterocycles. The van der Waals surface area contributed by atoms with Crippen LogP contribution < -0.4 is 0 Å². The Hall–Kier alpha value is 0. The van der Waals surface area contributed by atoms with E-state index in [1.54, 1.807) is 38.5 Å². The van der Waals surface area contributed by atoms with Gasteiger partial charge in [0.2, 0.25) is 0 Å². The van der Waals surface area contributed by atoms with Crippen molar-refractivity contribution in [2.24, 2.45) is 47.3 Å². The Kier molecular flexibility index (Phi) is 1.08. The van der Waals surface area contributed by atoms with Crippen molar-refractivity contribution in [3.05, 3.63) is 0 Å². The molecule has 5 rings (SSSR count). The van der Waals surface area contributed by atoms with Gasteiger partial charge in [-0.3, -0.25) is 0 Å². The molecule has 76 valence electrons. The topological polar surface area (TPSA) is 0 Å².